The first-order valence-corrected chi connectivity index (χ1v) is 14.5. The van der Waals surface area contributed by atoms with Crippen molar-refractivity contribution in [2.45, 2.75) is 53.0 Å². The number of Topliss-reactive ketones (excluding diaryl/α,β-unsaturated/α-hetero) is 1. The smallest absolute Gasteiger partial charge is 0.350 e. The van der Waals surface area contributed by atoms with E-state index in [9.17, 15) is 23.9 Å². The van der Waals surface area contributed by atoms with Crippen LogP contribution in [-0.2, 0) is 14.3 Å². The van der Waals surface area contributed by atoms with Gasteiger partial charge in [0.2, 0.25) is 0 Å². The second kappa shape index (κ2) is 13.2. The number of aliphatic hydroxyl groups is 1. The fourth-order valence-electron chi connectivity index (χ4n) is 4.62. The van der Waals surface area contributed by atoms with Gasteiger partial charge in [0.1, 0.15) is 16.5 Å². The number of hydrogen-bond acceptors (Lipinski definition) is 9. The molecule has 0 spiro atoms. The standard InChI is InChI=1S/C31H33FN2O7S/c1-6-8-9-14-41-22-13-12-19(16-23(22)39-5)25-24(26(35)20-11-10-17(3)21(32)15-20)27(36)29(37)34(25)31-33-18(4)28(42-31)30(38)40-7-2/h10-13,15-16,25,35H,6-9,14H2,1-5H3/b26-24-. The normalized spacial score (nSPS) is 16.1. The van der Waals surface area contributed by atoms with Crippen molar-refractivity contribution in [2.24, 2.45) is 0 Å². The number of methoxy groups -OCH3 is 1. The quantitative estimate of drug-likeness (QED) is 0.0904. The number of unbranched alkanes of at least 4 members (excludes halogenated alkanes) is 2. The van der Waals surface area contributed by atoms with Crippen LogP contribution in [0.4, 0.5) is 9.52 Å². The molecule has 222 valence electrons. The highest BCUT2D eigenvalue weighted by molar-refractivity contribution is 7.17. The maximum Gasteiger partial charge on any atom is 0.350 e. The SMILES string of the molecule is CCCCCOc1ccc(C2/C(=C(/O)c3ccc(C)c(F)c3)C(=O)C(=O)N2c2nc(C)c(C(=O)OCC)s2)cc1OC. The summed E-state index contributed by atoms with van der Waals surface area (Å²) in [7, 11) is 1.47. The number of halogens is 1. The van der Waals surface area contributed by atoms with Crippen LogP contribution in [0.5, 0.6) is 11.5 Å². The zero-order chi connectivity index (χ0) is 30.6. The van der Waals surface area contributed by atoms with Crippen LogP contribution in [0, 0.1) is 19.7 Å². The summed E-state index contributed by atoms with van der Waals surface area (Å²) in [5.74, 6) is -2.83. The van der Waals surface area contributed by atoms with E-state index in [4.69, 9.17) is 14.2 Å². The highest BCUT2D eigenvalue weighted by atomic mass is 32.1. The number of anilines is 1. The van der Waals surface area contributed by atoms with Crippen molar-refractivity contribution in [1.29, 1.82) is 0 Å². The molecule has 0 bridgehead atoms. The molecule has 2 heterocycles. The number of aromatic nitrogens is 1. The van der Waals surface area contributed by atoms with Crippen molar-refractivity contribution in [3.8, 4) is 11.5 Å². The molecule has 1 aliphatic heterocycles. The maximum atomic E-state index is 14.5. The largest absolute Gasteiger partial charge is 0.507 e. The van der Waals surface area contributed by atoms with Crippen LogP contribution in [0.3, 0.4) is 0 Å². The number of nitrogens with zero attached hydrogens (tertiary/aromatic N) is 2. The lowest BCUT2D eigenvalue weighted by Crippen LogP contribution is -2.29. The molecule has 1 amide bonds. The lowest BCUT2D eigenvalue weighted by Gasteiger charge is -2.24. The predicted molar refractivity (Wildman–Crippen MR) is 157 cm³/mol. The average molecular weight is 597 g/mol. The van der Waals surface area contributed by atoms with Crippen LogP contribution in [0.2, 0.25) is 0 Å². The third-order valence-electron chi connectivity index (χ3n) is 6.85. The Hall–Kier alpha value is -4.25. The molecule has 42 heavy (non-hydrogen) atoms. The van der Waals surface area contributed by atoms with Crippen molar-refractivity contribution in [1.82, 2.24) is 4.98 Å². The molecule has 0 aliphatic carbocycles. The first-order valence-electron chi connectivity index (χ1n) is 13.7. The zero-order valence-corrected chi connectivity index (χ0v) is 25.0. The van der Waals surface area contributed by atoms with E-state index in [1.165, 1.54) is 19.2 Å². The Bertz CT molecular complexity index is 1550. The number of benzene rings is 2. The van der Waals surface area contributed by atoms with Gasteiger partial charge in [-0.2, -0.15) is 0 Å². The Morgan fingerprint density at radius 1 is 1.10 bits per heavy atom. The Kier molecular flexibility index (Phi) is 9.62. The minimum atomic E-state index is -1.17. The molecule has 1 atom stereocenters. The van der Waals surface area contributed by atoms with Crippen molar-refractivity contribution in [3.05, 3.63) is 75.0 Å². The van der Waals surface area contributed by atoms with E-state index in [1.807, 2.05) is 0 Å². The Balaban J connectivity index is 1.88. The van der Waals surface area contributed by atoms with Crippen LogP contribution in [0.25, 0.3) is 5.76 Å². The number of thiazole rings is 1. The van der Waals surface area contributed by atoms with E-state index < -0.39 is 35.3 Å². The number of rotatable bonds is 11. The van der Waals surface area contributed by atoms with E-state index >= 15 is 0 Å². The van der Waals surface area contributed by atoms with Crippen LogP contribution < -0.4 is 14.4 Å². The molecule has 1 N–H and O–H groups in total. The first kappa shape index (κ1) is 30.7. The highest BCUT2D eigenvalue weighted by Crippen LogP contribution is 2.45. The molecule has 11 heteroatoms. The molecule has 3 aromatic rings. The third-order valence-corrected chi connectivity index (χ3v) is 7.99. The predicted octanol–water partition coefficient (Wildman–Crippen LogP) is 6.28. The summed E-state index contributed by atoms with van der Waals surface area (Å²) in [4.78, 5) is 45.3. The number of ketones is 1. The molecule has 0 radical (unpaired) electrons. The van der Waals surface area contributed by atoms with Gasteiger partial charge in [-0.3, -0.25) is 14.5 Å². The molecule has 2 aromatic carbocycles. The topological polar surface area (TPSA) is 115 Å². The van der Waals surface area contributed by atoms with Gasteiger partial charge in [-0.25, -0.2) is 14.2 Å². The van der Waals surface area contributed by atoms with Gasteiger partial charge in [0.15, 0.2) is 16.6 Å². The van der Waals surface area contributed by atoms with Crippen molar-refractivity contribution < 1.29 is 38.1 Å². The summed E-state index contributed by atoms with van der Waals surface area (Å²) in [5.41, 5.74) is 0.862. The minimum absolute atomic E-state index is 0.0338. The van der Waals surface area contributed by atoms with Gasteiger partial charge < -0.3 is 19.3 Å². The number of aryl methyl sites for hydroxylation is 2. The van der Waals surface area contributed by atoms with Gasteiger partial charge in [-0.1, -0.05) is 49.3 Å². The molecular formula is C31H33FN2O7S. The Morgan fingerprint density at radius 3 is 2.52 bits per heavy atom. The van der Waals surface area contributed by atoms with Crippen LogP contribution in [0.1, 0.15) is 71.2 Å². The van der Waals surface area contributed by atoms with Gasteiger partial charge in [0.05, 0.1) is 37.6 Å². The van der Waals surface area contributed by atoms with Gasteiger partial charge in [-0.05, 0) is 56.5 Å². The summed E-state index contributed by atoms with van der Waals surface area (Å²) in [6, 6.07) is 7.83. The summed E-state index contributed by atoms with van der Waals surface area (Å²) in [6.07, 6.45) is 2.91. The molecule has 4 rings (SSSR count). The number of esters is 1. The van der Waals surface area contributed by atoms with Gasteiger partial charge in [0.25, 0.3) is 5.78 Å². The van der Waals surface area contributed by atoms with Crippen molar-refractivity contribution in [2.75, 3.05) is 25.2 Å². The van der Waals surface area contributed by atoms with Crippen molar-refractivity contribution in [3.63, 3.8) is 0 Å². The van der Waals surface area contributed by atoms with Crippen LogP contribution in [-0.4, -0.2) is 48.1 Å². The number of carbonyl (C=O) groups excluding carboxylic acids is 3. The van der Waals surface area contributed by atoms with E-state index in [1.54, 1.807) is 39.0 Å². The first-order chi connectivity index (χ1) is 20.1. The molecule has 1 aliphatic rings. The molecule has 9 nitrogen and oxygen atoms in total. The van der Waals surface area contributed by atoms with Crippen LogP contribution in [0.15, 0.2) is 42.0 Å². The summed E-state index contributed by atoms with van der Waals surface area (Å²) in [6.45, 7) is 7.57. The highest BCUT2D eigenvalue weighted by Gasteiger charge is 2.48. The monoisotopic (exact) mass is 596 g/mol. The van der Waals surface area contributed by atoms with E-state index in [-0.39, 0.29) is 27.8 Å². The summed E-state index contributed by atoms with van der Waals surface area (Å²) >= 11 is 0.899. The number of ether oxygens (including phenoxy) is 3. The van der Waals surface area contributed by atoms with E-state index in [2.05, 4.69) is 11.9 Å². The van der Waals surface area contributed by atoms with Crippen molar-refractivity contribution >= 4 is 39.9 Å². The number of amides is 1. The molecule has 1 fully saturated rings. The molecule has 1 saturated heterocycles. The molecular weight excluding hydrogens is 563 g/mol. The van der Waals surface area contributed by atoms with E-state index in [0.717, 1.165) is 41.6 Å². The number of hydrogen-bond donors (Lipinski definition) is 1. The minimum Gasteiger partial charge on any atom is -0.507 e. The van der Waals surface area contributed by atoms with Gasteiger partial charge in [-0.15, -0.1) is 0 Å². The number of aliphatic hydroxyl groups excluding tert-OH is 1. The second-order valence-electron chi connectivity index (χ2n) is 9.73. The van der Waals surface area contributed by atoms with Gasteiger partial charge >= 0.3 is 11.9 Å². The average Bonchev–Trinajstić information content (AvgIpc) is 3.48. The molecule has 1 aromatic heterocycles. The van der Waals surface area contributed by atoms with E-state index in [0.29, 0.717) is 34.9 Å². The molecule has 0 saturated carbocycles. The summed E-state index contributed by atoms with van der Waals surface area (Å²) in [5, 5.41) is 11.4. The summed E-state index contributed by atoms with van der Waals surface area (Å²) < 4.78 is 31.1. The third kappa shape index (κ3) is 6.01. The maximum absolute atomic E-state index is 14.5. The van der Waals surface area contributed by atoms with Crippen LogP contribution >= 0.6 is 11.3 Å². The lowest BCUT2D eigenvalue weighted by atomic mass is 9.94. The molecule has 1 unspecified atom stereocenters. The Morgan fingerprint density at radius 2 is 1.86 bits per heavy atom. The zero-order valence-electron chi connectivity index (χ0n) is 24.2. The fraction of sp³-hybridized carbons (Fsp3) is 0.355. The second-order valence-corrected chi connectivity index (χ2v) is 10.7. The Labute approximate surface area is 247 Å². The fourth-order valence-corrected chi connectivity index (χ4v) is 5.61. The van der Waals surface area contributed by atoms with Gasteiger partial charge in [0, 0.05) is 5.56 Å². The number of carbonyl (C=O) groups is 3. The lowest BCUT2D eigenvalue weighted by molar-refractivity contribution is -0.132.